The van der Waals surface area contributed by atoms with Gasteiger partial charge in [0.2, 0.25) is 0 Å². The van der Waals surface area contributed by atoms with Gasteiger partial charge in [-0.25, -0.2) is 9.18 Å². The first-order valence-corrected chi connectivity index (χ1v) is 11.3. The normalized spacial score (nSPS) is 20.1. The van der Waals surface area contributed by atoms with Crippen LogP contribution < -0.4 is 4.90 Å². The van der Waals surface area contributed by atoms with Crippen LogP contribution in [0.2, 0.25) is 0 Å². The van der Waals surface area contributed by atoms with Crippen LogP contribution in [-0.4, -0.2) is 67.7 Å². The summed E-state index contributed by atoms with van der Waals surface area (Å²) in [6, 6.07) is 9.33. The van der Waals surface area contributed by atoms with Gasteiger partial charge in [-0.15, -0.1) is 10.2 Å². The van der Waals surface area contributed by atoms with E-state index in [-0.39, 0.29) is 23.9 Å². The number of halogens is 1. The average Bonchev–Trinajstić information content (AvgIpc) is 3.34. The Morgan fingerprint density at radius 3 is 2.76 bits per heavy atom. The van der Waals surface area contributed by atoms with Crippen LogP contribution in [0.25, 0.3) is 16.8 Å². The zero-order valence-corrected chi connectivity index (χ0v) is 19.3. The Labute approximate surface area is 196 Å². The van der Waals surface area contributed by atoms with Crippen LogP contribution in [0.15, 0.2) is 48.9 Å². The molecule has 3 aromatic heterocycles. The first kappa shape index (κ1) is 22.1. The molecule has 0 bridgehead atoms. The maximum atomic E-state index is 13.6. The number of ether oxygens (including phenoxy) is 1. The standard InChI is InChI=1S/C24H26FN7O2/c1-4-18-13-30(22-20-19(6-5-11-26-20)32-14-27-29-24(32)28-22)15(2)12-31(18)21(23(33)34-3)16-7-9-17(25)10-8-16/h5-11,14-15,18,21H,4,12-13H2,1-3H3/t15-,18+,21+/m0/s1. The first-order valence-electron chi connectivity index (χ1n) is 11.3. The van der Waals surface area contributed by atoms with E-state index >= 15 is 0 Å². The van der Waals surface area contributed by atoms with Crippen LogP contribution >= 0.6 is 0 Å². The molecular formula is C24H26FN7O2. The van der Waals surface area contributed by atoms with Crippen molar-refractivity contribution in [2.45, 2.75) is 38.4 Å². The van der Waals surface area contributed by atoms with Gasteiger partial charge in [-0.1, -0.05) is 19.1 Å². The molecule has 0 unspecified atom stereocenters. The van der Waals surface area contributed by atoms with Crippen molar-refractivity contribution in [2.24, 2.45) is 0 Å². The van der Waals surface area contributed by atoms with Crippen LogP contribution in [0.1, 0.15) is 31.9 Å². The fraction of sp³-hybridized carbons (Fsp3) is 0.375. The van der Waals surface area contributed by atoms with Crippen molar-refractivity contribution in [3.63, 3.8) is 0 Å². The number of nitrogens with zero attached hydrogens (tertiary/aromatic N) is 7. The molecule has 1 fully saturated rings. The summed E-state index contributed by atoms with van der Waals surface area (Å²) in [6.07, 6.45) is 4.19. The highest BCUT2D eigenvalue weighted by atomic mass is 19.1. The molecule has 0 amide bonds. The Hall–Kier alpha value is -3.66. The Bertz CT molecular complexity index is 1330. The summed E-state index contributed by atoms with van der Waals surface area (Å²) in [4.78, 5) is 26.7. The number of fused-ring (bicyclic) bond motifs is 3. The molecule has 1 saturated heterocycles. The molecule has 1 aliphatic heterocycles. The maximum absolute atomic E-state index is 13.6. The Kier molecular flexibility index (Phi) is 5.82. The monoisotopic (exact) mass is 463 g/mol. The van der Waals surface area contributed by atoms with Gasteiger partial charge in [0.1, 0.15) is 23.7 Å². The lowest BCUT2D eigenvalue weighted by Gasteiger charge is -2.48. The summed E-state index contributed by atoms with van der Waals surface area (Å²) in [5, 5.41) is 8.17. The lowest BCUT2D eigenvalue weighted by Crippen LogP contribution is -2.59. The highest BCUT2D eigenvalue weighted by Gasteiger charge is 2.40. The third-order valence-electron chi connectivity index (χ3n) is 6.56. The van der Waals surface area contributed by atoms with E-state index in [1.165, 1.54) is 19.2 Å². The fourth-order valence-corrected chi connectivity index (χ4v) is 4.85. The van der Waals surface area contributed by atoms with Crippen molar-refractivity contribution in [3.05, 3.63) is 60.3 Å². The van der Waals surface area contributed by atoms with Gasteiger partial charge in [0.15, 0.2) is 5.82 Å². The molecule has 9 nitrogen and oxygen atoms in total. The second-order valence-electron chi connectivity index (χ2n) is 8.54. The number of piperazine rings is 1. The lowest BCUT2D eigenvalue weighted by molar-refractivity contribution is -0.149. The number of methoxy groups -OCH3 is 1. The molecular weight excluding hydrogens is 437 g/mol. The predicted molar refractivity (Wildman–Crippen MR) is 125 cm³/mol. The van der Waals surface area contributed by atoms with Gasteiger partial charge in [-0.2, -0.15) is 4.98 Å². The quantitative estimate of drug-likeness (QED) is 0.418. The Morgan fingerprint density at radius 1 is 1.24 bits per heavy atom. The van der Waals surface area contributed by atoms with Crippen molar-refractivity contribution in [3.8, 4) is 0 Å². The summed E-state index contributed by atoms with van der Waals surface area (Å²) < 4.78 is 20.6. The van der Waals surface area contributed by atoms with Crippen LogP contribution in [0.4, 0.5) is 10.2 Å². The predicted octanol–water partition coefficient (Wildman–Crippen LogP) is 3.02. The Morgan fingerprint density at radius 2 is 2.03 bits per heavy atom. The molecule has 0 N–H and O–H groups in total. The van der Waals surface area contributed by atoms with Crippen LogP contribution in [0, 0.1) is 5.82 Å². The van der Waals surface area contributed by atoms with E-state index in [9.17, 15) is 9.18 Å². The van der Waals surface area contributed by atoms with E-state index in [1.807, 2.05) is 16.5 Å². The number of carbonyl (C=O) groups is 1. The van der Waals surface area contributed by atoms with Crippen molar-refractivity contribution in [1.82, 2.24) is 29.5 Å². The molecule has 0 radical (unpaired) electrons. The third kappa shape index (κ3) is 3.73. The zero-order chi connectivity index (χ0) is 23.8. The molecule has 0 saturated carbocycles. The lowest BCUT2D eigenvalue weighted by atomic mass is 9.97. The summed E-state index contributed by atoms with van der Waals surface area (Å²) >= 11 is 0. The van der Waals surface area contributed by atoms with Gasteiger partial charge in [-0.3, -0.25) is 14.3 Å². The minimum absolute atomic E-state index is 0.0125. The van der Waals surface area contributed by atoms with Crippen molar-refractivity contribution in [1.29, 1.82) is 0 Å². The molecule has 3 atom stereocenters. The molecule has 0 spiro atoms. The maximum Gasteiger partial charge on any atom is 0.327 e. The first-order chi connectivity index (χ1) is 16.5. The molecule has 4 heterocycles. The SMILES string of the molecule is CC[C@@H]1CN(c2nc3nncn3c3cccnc23)[C@@H](C)CN1[C@@H](C(=O)OC)c1ccc(F)cc1. The van der Waals surface area contributed by atoms with E-state index in [4.69, 9.17) is 9.72 Å². The molecule has 5 rings (SSSR count). The van der Waals surface area contributed by atoms with Gasteiger partial charge < -0.3 is 9.64 Å². The largest absolute Gasteiger partial charge is 0.468 e. The zero-order valence-electron chi connectivity index (χ0n) is 19.3. The van der Waals surface area contributed by atoms with Crippen LogP contribution in [-0.2, 0) is 9.53 Å². The number of esters is 1. The number of aromatic nitrogens is 5. The molecule has 0 aliphatic carbocycles. The number of benzene rings is 1. The second-order valence-corrected chi connectivity index (χ2v) is 8.54. The molecule has 4 aromatic rings. The van der Waals surface area contributed by atoms with Gasteiger partial charge >= 0.3 is 5.97 Å². The number of rotatable bonds is 5. The fourth-order valence-electron chi connectivity index (χ4n) is 4.85. The van der Waals surface area contributed by atoms with Gasteiger partial charge in [-0.05, 0) is 43.2 Å². The minimum Gasteiger partial charge on any atom is -0.468 e. The molecule has 1 aromatic carbocycles. The number of anilines is 1. The summed E-state index contributed by atoms with van der Waals surface area (Å²) in [7, 11) is 1.38. The van der Waals surface area contributed by atoms with E-state index in [2.05, 4.69) is 38.8 Å². The number of hydrogen-bond acceptors (Lipinski definition) is 8. The molecule has 34 heavy (non-hydrogen) atoms. The van der Waals surface area contributed by atoms with Crippen LogP contribution in [0.3, 0.4) is 0 Å². The Balaban J connectivity index is 1.54. The van der Waals surface area contributed by atoms with Crippen molar-refractivity contribution >= 4 is 28.6 Å². The molecule has 10 heteroatoms. The summed E-state index contributed by atoms with van der Waals surface area (Å²) in [5.74, 6) is 0.558. The van der Waals surface area contributed by atoms with E-state index in [0.29, 0.717) is 24.4 Å². The smallest absolute Gasteiger partial charge is 0.327 e. The van der Waals surface area contributed by atoms with Crippen molar-refractivity contribution < 1.29 is 13.9 Å². The second kappa shape index (κ2) is 8.94. The highest BCUT2D eigenvalue weighted by molar-refractivity contribution is 5.88. The average molecular weight is 464 g/mol. The van der Waals surface area contributed by atoms with E-state index in [1.54, 1.807) is 24.7 Å². The van der Waals surface area contributed by atoms with E-state index < -0.39 is 6.04 Å². The highest BCUT2D eigenvalue weighted by Crippen LogP contribution is 2.34. The summed E-state index contributed by atoms with van der Waals surface area (Å²) in [6.45, 7) is 5.41. The van der Waals surface area contributed by atoms with Gasteiger partial charge in [0, 0.05) is 31.4 Å². The van der Waals surface area contributed by atoms with Gasteiger partial charge in [0.05, 0.1) is 12.6 Å². The van der Waals surface area contributed by atoms with Crippen molar-refractivity contribution in [2.75, 3.05) is 25.1 Å². The number of hydrogen-bond donors (Lipinski definition) is 0. The van der Waals surface area contributed by atoms with E-state index in [0.717, 1.165) is 23.3 Å². The number of carbonyl (C=O) groups excluding carboxylic acids is 1. The number of pyridine rings is 1. The minimum atomic E-state index is -0.623. The van der Waals surface area contributed by atoms with Crippen LogP contribution in [0.5, 0.6) is 0 Å². The van der Waals surface area contributed by atoms with Gasteiger partial charge in [0.25, 0.3) is 5.78 Å². The molecule has 176 valence electrons. The summed E-state index contributed by atoms with van der Waals surface area (Å²) in [5.41, 5.74) is 2.37. The third-order valence-corrected chi connectivity index (χ3v) is 6.56. The topological polar surface area (TPSA) is 88.8 Å². The molecule has 1 aliphatic rings.